The second-order valence-corrected chi connectivity index (χ2v) is 4.78. The standard InChI is InChI=1S/C14H19N3O2/c1-10(9-15)14(19)16-6-7-17-12-5-3-2-4-11(12)8-13(17)18/h2-5,10H,6-9,15H2,1H3,(H,16,19). The summed E-state index contributed by atoms with van der Waals surface area (Å²) >= 11 is 0. The van der Waals surface area contributed by atoms with Crippen LogP contribution in [0.4, 0.5) is 5.69 Å². The van der Waals surface area contributed by atoms with Gasteiger partial charge in [0.15, 0.2) is 0 Å². The number of para-hydroxylation sites is 1. The molecule has 1 aliphatic heterocycles. The summed E-state index contributed by atoms with van der Waals surface area (Å²) in [7, 11) is 0. The summed E-state index contributed by atoms with van der Waals surface area (Å²) in [6, 6.07) is 7.74. The van der Waals surface area contributed by atoms with E-state index in [1.54, 1.807) is 11.8 Å². The highest BCUT2D eigenvalue weighted by atomic mass is 16.2. The first-order valence-electron chi connectivity index (χ1n) is 6.49. The van der Waals surface area contributed by atoms with Crippen LogP contribution in [0.15, 0.2) is 24.3 Å². The van der Waals surface area contributed by atoms with E-state index >= 15 is 0 Å². The normalized spacial score (nSPS) is 15.3. The molecule has 19 heavy (non-hydrogen) atoms. The number of nitrogens with one attached hydrogen (secondary N) is 1. The molecule has 1 unspecified atom stereocenters. The number of nitrogens with zero attached hydrogens (tertiary/aromatic N) is 1. The Hall–Kier alpha value is -1.88. The zero-order valence-electron chi connectivity index (χ0n) is 11.1. The fraction of sp³-hybridized carbons (Fsp3) is 0.429. The molecule has 0 saturated heterocycles. The molecule has 3 N–H and O–H groups in total. The van der Waals surface area contributed by atoms with Crippen LogP contribution in [0.2, 0.25) is 0 Å². The van der Waals surface area contributed by atoms with Crippen LogP contribution >= 0.6 is 0 Å². The van der Waals surface area contributed by atoms with Gasteiger partial charge < -0.3 is 16.0 Å². The zero-order valence-corrected chi connectivity index (χ0v) is 11.1. The number of fused-ring (bicyclic) bond motifs is 1. The van der Waals surface area contributed by atoms with Crippen LogP contribution < -0.4 is 16.0 Å². The van der Waals surface area contributed by atoms with Crippen LogP contribution in [0, 0.1) is 5.92 Å². The van der Waals surface area contributed by atoms with Crippen molar-refractivity contribution in [3.8, 4) is 0 Å². The Morgan fingerprint density at radius 3 is 2.95 bits per heavy atom. The molecule has 1 heterocycles. The smallest absolute Gasteiger partial charge is 0.231 e. The van der Waals surface area contributed by atoms with Crippen molar-refractivity contribution >= 4 is 17.5 Å². The molecule has 102 valence electrons. The Morgan fingerprint density at radius 2 is 2.21 bits per heavy atom. The van der Waals surface area contributed by atoms with Crippen LogP contribution in [0.25, 0.3) is 0 Å². The molecule has 0 radical (unpaired) electrons. The molecule has 1 aromatic carbocycles. The zero-order chi connectivity index (χ0) is 13.8. The van der Waals surface area contributed by atoms with Gasteiger partial charge in [-0.2, -0.15) is 0 Å². The van der Waals surface area contributed by atoms with E-state index in [0.29, 0.717) is 26.1 Å². The highest BCUT2D eigenvalue weighted by Gasteiger charge is 2.26. The largest absolute Gasteiger partial charge is 0.354 e. The van der Waals surface area contributed by atoms with E-state index < -0.39 is 0 Å². The van der Waals surface area contributed by atoms with E-state index in [4.69, 9.17) is 5.73 Å². The number of hydrogen-bond acceptors (Lipinski definition) is 3. The van der Waals surface area contributed by atoms with Gasteiger partial charge in [0.2, 0.25) is 11.8 Å². The van der Waals surface area contributed by atoms with Crippen LogP contribution in [0.1, 0.15) is 12.5 Å². The third kappa shape index (κ3) is 2.93. The number of hydrogen-bond donors (Lipinski definition) is 2. The van der Waals surface area contributed by atoms with Crippen molar-refractivity contribution in [1.82, 2.24) is 5.32 Å². The van der Waals surface area contributed by atoms with E-state index in [2.05, 4.69) is 5.32 Å². The van der Waals surface area contributed by atoms with Crippen LogP contribution in [0.3, 0.4) is 0 Å². The van der Waals surface area contributed by atoms with Crippen LogP contribution in [-0.4, -0.2) is 31.4 Å². The topological polar surface area (TPSA) is 75.4 Å². The summed E-state index contributed by atoms with van der Waals surface area (Å²) in [5.74, 6) is -0.175. The highest BCUT2D eigenvalue weighted by Crippen LogP contribution is 2.27. The molecule has 1 atom stereocenters. The summed E-state index contributed by atoms with van der Waals surface area (Å²) in [4.78, 5) is 25.2. The molecule has 5 heteroatoms. The highest BCUT2D eigenvalue weighted by molar-refractivity contribution is 6.01. The van der Waals surface area contributed by atoms with E-state index in [1.165, 1.54) is 0 Å². The molecule has 0 saturated carbocycles. The first-order chi connectivity index (χ1) is 9.13. The van der Waals surface area contributed by atoms with Gasteiger partial charge in [0.05, 0.1) is 6.42 Å². The first-order valence-corrected chi connectivity index (χ1v) is 6.49. The monoisotopic (exact) mass is 261 g/mol. The minimum absolute atomic E-state index is 0.0672. The summed E-state index contributed by atoms with van der Waals surface area (Å²) < 4.78 is 0. The SMILES string of the molecule is CC(CN)C(=O)NCCN1C(=O)Cc2ccccc21. The van der Waals surface area contributed by atoms with E-state index in [9.17, 15) is 9.59 Å². The lowest BCUT2D eigenvalue weighted by Gasteiger charge is -2.18. The third-order valence-electron chi connectivity index (χ3n) is 3.36. The Balaban J connectivity index is 1.90. The average Bonchev–Trinajstić information content (AvgIpc) is 2.74. The van der Waals surface area contributed by atoms with Crippen molar-refractivity contribution in [2.75, 3.05) is 24.5 Å². The lowest BCUT2D eigenvalue weighted by atomic mass is 10.2. The molecule has 1 aromatic rings. The Bertz CT molecular complexity index is 487. The van der Waals surface area contributed by atoms with Crippen LogP contribution in [0.5, 0.6) is 0 Å². The fourth-order valence-corrected chi connectivity index (χ4v) is 2.13. The van der Waals surface area contributed by atoms with Gasteiger partial charge in [-0.3, -0.25) is 9.59 Å². The molecule has 0 fully saturated rings. The van der Waals surface area contributed by atoms with Crippen molar-refractivity contribution in [2.45, 2.75) is 13.3 Å². The van der Waals surface area contributed by atoms with Crippen LogP contribution in [-0.2, 0) is 16.0 Å². The van der Waals surface area contributed by atoms with Crippen molar-refractivity contribution < 1.29 is 9.59 Å². The molecule has 1 aliphatic rings. The number of carbonyl (C=O) groups is 2. The summed E-state index contributed by atoms with van der Waals surface area (Å²) in [6.45, 7) is 3.06. The molecule has 0 aliphatic carbocycles. The van der Waals surface area contributed by atoms with Gasteiger partial charge in [0, 0.05) is 31.2 Å². The van der Waals surface area contributed by atoms with E-state index in [1.807, 2.05) is 24.3 Å². The molecule has 2 amide bonds. The summed E-state index contributed by atoms with van der Waals surface area (Å²) in [5, 5.41) is 2.80. The summed E-state index contributed by atoms with van der Waals surface area (Å²) in [5.41, 5.74) is 7.43. The predicted octanol–water partition coefficient (Wildman–Crippen LogP) is 0.287. The molecular weight excluding hydrogens is 242 g/mol. The molecule has 5 nitrogen and oxygen atoms in total. The van der Waals surface area contributed by atoms with Gasteiger partial charge in [-0.25, -0.2) is 0 Å². The predicted molar refractivity (Wildman–Crippen MR) is 73.7 cm³/mol. The van der Waals surface area contributed by atoms with Crippen molar-refractivity contribution in [2.24, 2.45) is 11.7 Å². The fourth-order valence-electron chi connectivity index (χ4n) is 2.13. The maximum Gasteiger partial charge on any atom is 0.231 e. The second-order valence-electron chi connectivity index (χ2n) is 4.78. The average molecular weight is 261 g/mol. The lowest BCUT2D eigenvalue weighted by molar-refractivity contribution is -0.124. The molecule has 0 spiro atoms. The lowest BCUT2D eigenvalue weighted by Crippen LogP contribution is -2.39. The number of nitrogens with two attached hydrogens (primary N) is 1. The van der Waals surface area contributed by atoms with Gasteiger partial charge in [0.1, 0.15) is 0 Å². The molecule has 0 bridgehead atoms. The number of benzene rings is 1. The Kier molecular flexibility index (Phi) is 4.16. The first kappa shape index (κ1) is 13.5. The minimum atomic E-state index is -0.193. The van der Waals surface area contributed by atoms with Gasteiger partial charge in [-0.1, -0.05) is 25.1 Å². The molecular formula is C14H19N3O2. The van der Waals surface area contributed by atoms with Gasteiger partial charge in [-0.05, 0) is 11.6 Å². The number of rotatable bonds is 5. The second kappa shape index (κ2) is 5.84. The van der Waals surface area contributed by atoms with Crippen molar-refractivity contribution in [1.29, 1.82) is 0 Å². The molecule has 0 aromatic heterocycles. The Morgan fingerprint density at radius 1 is 1.47 bits per heavy atom. The third-order valence-corrected chi connectivity index (χ3v) is 3.36. The summed E-state index contributed by atoms with van der Waals surface area (Å²) in [6.07, 6.45) is 0.448. The van der Waals surface area contributed by atoms with Gasteiger partial charge >= 0.3 is 0 Å². The maximum absolute atomic E-state index is 11.9. The van der Waals surface area contributed by atoms with Gasteiger partial charge in [0.25, 0.3) is 0 Å². The van der Waals surface area contributed by atoms with E-state index in [-0.39, 0.29) is 17.7 Å². The van der Waals surface area contributed by atoms with E-state index in [0.717, 1.165) is 11.3 Å². The number of amides is 2. The Labute approximate surface area is 112 Å². The van der Waals surface area contributed by atoms with Gasteiger partial charge in [-0.15, -0.1) is 0 Å². The quantitative estimate of drug-likeness (QED) is 0.799. The maximum atomic E-state index is 11.9. The number of anilines is 1. The molecule has 2 rings (SSSR count). The van der Waals surface area contributed by atoms with Crippen molar-refractivity contribution in [3.63, 3.8) is 0 Å². The minimum Gasteiger partial charge on any atom is -0.354 e. The number of carbonyl (C=O) groups excluding carboxylic acids is 2. The van der Waals surface area contributed by atoms with Crippen molar-refractivity contribution in [3.05, 3.63) is 29.8 Å².